The van der Waals surface area contributed by atoms with E-state index >= 15 is 0 Å². The molecule has 0 aliphatic heterocycles. The summed E-state index contributed by atoms with van der Waals surface area (Å²) in [6.07, 6.45) is 1.82. The van der Waals surface area contributed by atoms with Gasteiger partial charge in [-0.1, -0.05) is 6.07 Å². The number of hydrogen-bond acceptors (Lipinski definition) is 4. The number of nitrogens with one attached hydrogen (secondary N) is 1. The zero-order valence-corrected chi connectivity index (χ0v) is 13.0. The number of hydrogen-bond donors (Lipinski definition) is 2. The lowest BCUT2D eigenvalue weighted by molar-refractivity contribution is 0.0911. The number of anilines is 1. The van der Waals surface area contributed by atoms with Crippen molar-refractivity contribution in [3.63, 3.8) is 0 Å². The molecule has 0 unspecified atom stereocenters. The molecule has 0 fully saturated rings. The molecule has 0 aliphatic rings. The van der Waals surface area contributed by atoms with Gasteiger partial charge < -0.3 is 11.1 Å². The monoisotopic (exact) mass is 289 g/mol. The summed E-state index contributed by atoms with van der Waals surface area (Å²) in [5, 5.41) is 3.92. The molecular formula is C15H19N3OS. The van der Waals surface area contributed by atoms with E-state index in [1.807, 2.05) is 40.0 Å². The molecule has 1 amide bonds. The fourth-order valence-corrected chi connectivity index (χ4v) is 2.75. The summed E-state index contributed by atoms with van der Waals surface area (Å²) in [5.74, 6) is -0.132. The number of aryl methyl sites for hydroxylation is 2. The Balaban J connectivity index is 2.24. The highest BCUT2D eigenvalue weighted by Crippen LogP contribution is 2.25. The molecule has 4 nitrogen and oxygen atoms in total. The van der Waals surface area contributed by atoms with Crippen molar-refractivity contribution in [2.45, 2.75) is 33.2 Å². The molecular weight excluding hydrogens is 270 g/mol. The fraction of sp³-hybridized carbons (Fsp3) is 0.333. The normalized spacial score (nSPS) is 11.4. The number of amides is 1. The zero-order chi connectivity index (χ0) is 14.9. The highest BCUT2D eigenvalue weighted by molar-refractivity contribution is 7.11. The second-order valence-electron chi connectivity index (χ2n) is 5.43. The van der Waals surface area contributed by atoms with E-state index in [4.69, 9.17) is 5.73 Å². The minimum Gasteiger partial charge on any atom is -0.399 e. The van der Waals surface area contributed by atoms with E-state index < -0.39 is 5.54 Å². The molecule has 0 radical (unpaired) electrons. The number of benzene rings is 1. The van der Waals surface area contributed by atoms with Crippen molar-refractivity contribution in [1.82, 2.24) is 10.3 Å². The second kappa shape index (κ2) is 5.25. The summed E-state index contributed by atoms with van der Waals surface area (Å²) < 4.78 is 0. The SMILES string of the molecule is Cc1cnc(C(C)(C)NC(=O)c2cc(N)ccc2C)s1. The molecule has 0 spiro atoms. The van der Waals surface area contributed by atoms with Gasteiger partial charge in [0.05, 0.1) is 5.54 Å². The van der Waals surface area contributed by atoms with Gasteiger partial charge in [-0.2, -0.15) is 0 Å². The van der Waals surface area contributed by atoms with Crippen LogP contribution in [0.4, 0.5) is 5.69 Å². The first-order chi connectivity index (χ1) is 9.29. The van der Waals surface area contributed by atoms with Crippen molar-refractivity contribution < 1.29 is 4.79 Å². The van der Waals surface area contributed by atoms with E-state index in [0.717, 1.165) is 15.4 Å². The van der Waals surface area contributed by atoms with Crippen LogP contribution in [0.3, 0.4) is 0 Å². The van der Waals surface area contributed by atoms with Crippen LogP contribution < -0.4 is 11.1 Å². The maximum Gasteiger partial charge on any atom is 0.252 e. The third-order valence-electron chi connectivity index (χ3n) is 3.09. The molecule has 2 rings (SSSR count). The highest BCUT2D eigenvalue weighted by Gasteiger charge is 2.27. The van der Waals surface area contributed by atoms with Crippen LogP contribution in [0, 0.1) is 13.8 Å². The van der Waals surface area contributed by atoms with Crippen LogP contribution in [0.5, 0.6) is 0 Å². The predicted molar refractivity (Wildman–Crippen MR) is 82.9 cm³/mol. The Hall–Kier alpha value is -1.88. The minimum atomic E-state index is -0.507. The van der Waals surface area contributed by atoms with E-state index in [9.17, 15) is 4.79 Å². The van der Waals surface area contributed by atoms with Crippen molar-refractivity contribution in [2.75, 3.05) is 5.73 Å². The van der Waals surface area contributed by atoms with Crippen LogP contribution in [0.15, 0.2) is 24.4 Å². The molecule has 5 heteroatoms. The first-order valence-corrected chi connectivity index (χ1v) is 7.23. The molecule has 3 N–H and O–H groups in total. The quantitative estimate of drug-likeness (QED) is 0.853. The summed E-state index contributed by atoms with van der Waals surface area (Å²) in [7, 11) is 0. The molecule has 0 saturated heterocycles. The van der Waals surface area contributed by atoms with Crippen LogP contribution in [0.1, 0.15) is 39.7 Å². The van der Waals surface area contributed by atoms with Crippen LogP contribution in [0.25, 0.3) is 0 Å². The van der Waals surface area contributed by atoms with Gasteiger partial charge in [-0.05, 0) is 45.4 Å². The van der Waals surface area contributed by atoms with Crippen LogP contribution in [0.2, 0.25) is 0 Å². The maximum absolute atomic E-state index is 12.4. The van der Waals surface area contributed by atoms with Gasteiger partial charge in [-0.3, -0.25) is 4.79 Å². The number of nitrogens with two attached hydrogens (primary N) is 1. The van der Waals surface area contributed by atoms with Crippen molar-refractivity contribution in [3.05, 3.63) is 45.4 Å². The lowest BCUT2D eigenvalue weighted by Gasteiger charge is -2.24. The number of thiazole rings is 1. The Morgan fingerprint density at radius 2 is 2.05 bits per heavy atom. The van der Waals surface area contributed by atoms with Crippen LogP contribution >= 0.6 is 11.3 Å². The fourth-order valence-electron chi connectivity index (χ4n) is 1.93. The molecule has 1 aromatic heterocycles. The first kappa shape index (κ1) is 14.5. The number of aromatic nitrogens is 1. The summed E-state index contributed by atoms with van der Waals surface area (Å²) >= 11 is 1.59. The summed E-state index contributed by atoms with van der Waals surface area (Å²) in [5.41, 5.74) is 7.34. The summed E-state index contributed by atoms with van der Waals surface area (Å²) in [6, 6.07) is 5.35. The minimum absolute atomic E-state index is 0.132. The van der Waals surface area contributed by atoms with Crippen molar-refractivity contribution in [1.29, 1.82) is 0 Å². The number of carbonyl (C=O) groups excluding carboxylic acids is 1. The Kier molecular flexibility index (Phi) is 3.81. The number of nitrogens with zero attached hydrogens (tertiary/aromatic N) is 1. The third kappa shape index (κ3) is 2.99. The third-order valence-corrected chi connectivity index (χ3v) is 4.32. The number of rotatable bonds is 3. The van der Waals surface area contributed by atoms with Gasteiger partial charge in [0, 0.05) is 22.3 Å². The lowest BCUT2D eigenvalue weighted by atomic mass is 10.0. The zero-order valence-electron chi connectivity index (χ0n) is 12.2. The molecule has 0 saturated carbocycles. The van der Waals surface area contributed by atoms with Gasteiger partial charge >= 0.3 is 0 Å². The molecule has 2 aromatic rings. The molecule has 0 aliphatic carbocycles. The van der Waals surface area contributed by atoms with E-state index in [1.54, 1.807) is 23.5 Å². The van der Waals surface area contributed by atoms with Crippen molar-refractivity contribution >= 4 is 22.9 Å². The predicted octanol–water partition coefficient (Wildman–Crippen LogP) is 3.01. The Morgan fingerprint density at radius 1 is 1.35 bits per heavy atom. The summed E-state index contributed by atoms with van der Waals surface area (Å²) in [4.78, 5) is 17.9. The number of nitrogen functional groups attached to an aromatic ring is 1. The topological polar surface area (TPSA) is 68.0 Å². The van der Waals surface area contributed by atoms with Gasteiger partial charge in [0.15, 0.2) is 0 Å². The smallest absolute Gasteiger partial charge is 0.252 e. The Bertz CT molecular complexity index is 646. The molecule has 106 valence electrons. The van der Waals surface area contributed by atoms with Crippen LogP contribution in [-0.4, -0.2) is 10.9 Å². The van der Waals surface area contributed by atoms with E-state index in [-0.39, 0.29) is 5.91 Å². The average molecular weight is 289 g/mol. The largest absolute Gasteiger partial charge is 0.399 e. The van der Waals surface area contributed by atoms with E-state index in [2.05, 4.69) is 10.3 Å². The maximum atomic E-state index is 12.4. The highest BCUT2D eigenvalue weighted by atomic mass is 32.1. The van der Waals surface area contributed by atoms with E-state index in [0.29, 0.717) is 11.3 Å². The van der Waals surface area contributed by atoms with Gasteiger partial charge in [0.2, 0.25) is 0 Å². The average Bonchev–Trinajstić information content (AvgIpc) is 2.79. The van der Waals surface area contributed by atoms with Gasteiger partial charge in [-0.25, -0.2) is 4.98 Å². The first-order valence-electron chi connectivity index (χ1n) is 6.41. The van der Waals surface area contributed by atoms with Gasteiger partial charge in [-0.15, -0.1) is 11.3 Å². The van der Waals surface area contributed by atoms with Crippen molar-refractivity contribution in [2.24, 2.45) is 0 Å². The van der Waals surface area contributed by atoms with Gasteiger partial charge in [0.25, 0.3) is 5.91 Å². The van der Waals surface area contributed by atoms with E-state index in [1.165, 1.54) is 0 Å². The second-order valence-corrected chi connectivity index (χ2v) is 6.66. The summed E-state index contributed by atoms with van der Waals surface area (Å²) in [6.45, 7) is 7.80. The molecule has 0 atom stereocenters. The Labute approximate surface area is 123 Å². The molecule has 1 aromatic carbocycles. The lowest BCUT2D eigenvalue weighted by Crippen LogP contribution is -2.41. The molecule has 1 heterocycles. The van der Waals surface area contributed by atoms with Gasteiger partial charge in [0.1, 0.15) is 5.01 Å². The number of carbonyl (C=O) groups is 1. The van der Waals surface area contributed by atoms with Crippen LogP contribution in [-0.2, 0) is 5.54 Å². The Morgan fingerprint density at radius 3 is 2.65 bits per heavy atom. The molecule has 0 bridgehead atoms. The molecule has 20 heavy (non-hydrogen) atoms. The van der Waals surface area contributed by atoms with Crippen molar-refractivity contribution in [3.8, 4) is 0 Å². The standard InChI is InChI=1S/C15H19N3OS/c1-9-5-6-11(16)7-12(9)13(19)18-15(3,4)14-17-8-10(2)20-14/h5-8H,16H2,1-4H3,(H,18,19).